The van der Waals surface area contributed by atoms with E-state index in [0.29, 0.717) is 16.8 Å². The van der Waals surface area contributed by atoms with Crippen LogP contribution in [0.3, 0.4) is 0 Å². The smallest absolute Gasteiger partial charge is 0.303 e. The van der Waals surface area contributed by atoms with Gasteiger partial charge in [-0.05, 0) is 55.7 Å². The van der Waals surface area contributed by atoms with Gasteiger partial charge in [-0.15, -0.1) is 0 Å². The van der Waals surface area contributed by atoms with Crippen LogP contribution in [0.1, 0.15) is 28.8 Å². The number of benzene rings is 2. The molecule has 0 aliphatic heterocycles. The molecule has 0 saturated heterocycles. The van der Waals surface area contributed by atoms with E-state index < -0.39 is 17.7 Å². The molecule has 0 aliphatic rings. The lowest BCUT2D eigenvalue weighted by Crippen LogP contribution is -2.10. The number of nitrogens with zero attached hydrogens (tertiary/aromatic N) is 1. The predicted molar refractivity (Wildman–Crippen MR) is 106 cm³/mol. The fraction of sp³-hybridized carbons (Fsp3) is 0.190. The minimum atomic E-state index is -0.959. The Bertz CT molecular complexity index is 1090. The summed E-state index contributed by atoms with van der Waals surface area (Å²) in [5, 5.41) is 19.5. The summed E-state index contributed by atoms with van der Waals surface area (Å²) in [6, 6.07) is 8.59. The maximum absolute atomic E-state index is 14.1. The maximum atomic E-state index is 14.1. The number of fused-ring (bicyclic) bond motifs is 1. The number of carbonyl (C=O) groups excluding carboxylic acids is 1. The molecule has 1 heterocycles. The number of aromatic nitrogens is 2. The van der Waals surface area contributed by atoms with Gasteiger partial charge in [-0.25, -0.2) is 4.39 Å². The minimum Gasteiger partial charge on any atom is -0.481 e. The standard InChI is InChI=1S/C21H20FN3O3/c1-12-17(22)9-15(5-8-21(27)28)11-18(12)23-20(26)7-4-14-3-6-16-13(2)24-25-19(16)10-14/h3-4,6-7,9-11H,5,8H2,1-2H3,(H,23,26)(H,24,25)(H,27,28)/b7-4+. The highest BCUT2D eigenvalue weighted by Gasteiger charge is 2.10. The largest absolute Gasteiger partial charge is 0.481 e. The Balaban J connectivity index is 1.74. The van der Waals surface area contributed by atoms with Crippen LogP contribution in [0.15, 0.2) is 36.4 Å². The zero-order chi connectivity index (χ0) is 20.3. The van der Waals surface area contributed by atoms with Gasteiger partial charge in [-0.2, -0.15) is 5.10 Å². The topological polar surface area (TPSA) is 95.1 Å². The highest BCUT2D eigenvalue weighted by Crippen LogP contribution is 2.22. The number of aromatic amines is 1. The summed E-state index contributed by atoms with van der Waals surface area (Å²) in [5.41, 5.74) is 3.76. The van der Waals surface area contributed by atoms with Crippen LogP contribution >= 0.6 is 0 Å². The molecule has 0 unspecified atom stereocenters. The molecule has 1 aromatic heterocycles. The Labute approximate surface area is 161 Å². The Morgan fingerprint density at radius 1 is 1.25 bits per heavy atom. The van der Waals surface area contributed by atoms with Crippen LogP contribution in [-0.2, 0) is 16.0 Å². The number of aliphatic carboxylic acids is 1. The molecule has 144 valence electrons. The number of carboxylic acid groups (broad SMARTS) is 1. The normalized spacial score (nSPS) is 11.2. The van der Waals surface area contributed by atoms with E-state index in [1.807, 2.05) is 25.1 Å². The molecule has 6 nitrogen and oxygen atoms in total. The SMILES string of the molecule is Cc1c(F)cc(CCC(=O)O)cc1NC(=O)/C=C/c1ccc2c(C)n[nH]c2c1. The summed E-state index contributed by atoms with van der Waals surface area (Å²) < 4.78 is 14.1. The molecule has 2 aromatic carbocycles. The van der Waals surface area contributed by atoms with Gasteiger partial charge in [-0.3, -0.25) is 14.7 Å². The summed E-state index contributed by atoms with van der Waals surface area (Å²) in [5.74, 6) is -1.85. The van der Waals surface area contributed by atoms with Crippen molar-refractivity contribution in [2.75, 3.05) is 5.32 Å². The van der Waals surface area contributed by atoms with E-state index in [9.17, 15) is 14.0 Å². The molecule has 0 saturated carbocycles. The van der Waals surface area contributed by atoms with Gasteiger partial charge in [0.15, 0.2) is 0 Å². The average molecular weight is 381 g/mol. The third-order valence-corrected chi connectivity index (χ3v) is 4.49. The molecule has 7 heteroatoms. The van der Waals surface area contributed by atoms with E-state index in [2.05, 4.69) is 15.5 Å². The van der Waals surface area contributed by atoms with E-state index in [1.165, 1.54) is 12.1 Å². The lowest BCUT2D eigenvalue weighted by Gasteiger charge is -2.10. The molecule has 3 aromatic rings. The molecule has 3 N–H and O–H groups in total. The number of nitrogens with one attached hydrogen (secondary N) is 2. The zero-order valence-electron chi connectivity index (χ0n) is 15.5. The first-order valence-corrected chi connectivity index (χ1v) is 8.78. The number of rotatable bonds is 6. The summed E-state index contributed by atoms with van der Waals surface area (Å²) in [7, 11) is 0. The van der Waals surface area contributed by atoms with Crippen LogP contribution in [0.4, 0.5) is 10.1 Å². The Kier molecular flexibility index (Phi) is 5.54. The van der Waals surface area contributed by atoms with Crippen molar-refractivity contribution in [3.63, 3.8) is 0 Å². The summed E-state index contributed by atoms with van der Waals surface area (Å²) in [6.45, 7) is 3.47. The first-order chi connectivity index (χ1) is 13.3. The van der Waals surface area contributed by atoms with Gasteiger partial charge in [0, 0.05) is 29.1 Å². The van der Waals surface area contributed by atoms with Crippen molar-refractivity contribution in [2.24, 2.45) is 0 Å². The number of H-pyrrole nitrogens is 1. The van der Waals surface area contributed by atoms with Crippen molar-refractivity contribution in [1.29, 1.82) is 0 Å². The lowest BCUT2D eigenvalue weighted by atomic mass is 10.0. The van der Waals surface area contributed by atoms with Crippen LogP contribution < -0.4 is 5.32 Å². The second-order valence-corrected chi connectivity index (χ2v) is 6.58. The second-order valence-electron chi connectivity index (χ2n) is 6.58. The molecule has 3 rings (SSSR count). The van der Waals surface area contributed by atoms with E-state index in [-0.39, 0.29) is 12.8 Å². The Hall–Kier alpha value is -3.48. The van der Waals surface area contributed by atoms with Crippen molar-refractivity contribution < 1.29 is 19.1 Å². The number of carboxylic acids is 1. The number of amides is 1. The number of anilines is 1. The first-order valence-electron chi connectivity index (χ1n) is 8.78. The molecular formula is C21H20FN3O3. The van der Waals surface area contributed by atoms with E-state index in [0.717, 1.165) is 22.2 Å². The molecule has 0 atom stereocenters. The van der Waals surface area contributed by atoms with Gasteiger partial charge in [0.25, 0.3) is 0 Å². The number of halogens is 1. The maximum Gasteiger partial charge on any atom is 0.303 e. The van der Waals surface area contributed by atoms with Crippen LogP contribution in [0.5, 0.6) is 0 Å². The molecule has 0 bridgehead atoms. The van der Waals surface area contributed by atoms with Gasteiger partial charge < -0.3 is 10.4 Å². The third-order valence-electron chi connectivity index (χ3n) is 4.49. The van der Waals surface area contributed by atoms with Crippen molar-refractivity contribution in [3.05, 3.63) is 64.6 Å². The fourth-order valence-electron chi connectivity index (χ4n) is 2.88. The van der Waals surface area contributed by atoms with E-state index >= 15 is 0 Å². The van der Waals surface area contributed by atoms with Gasteiger partial charge in [0.2, 0.25) is 5.91 Å². The Morgan fingerprint density at radius 2 is 2.04 bits per heavy atom. The number of hydrogen-bond donors (Lipinski definition) is 3. The van der Waals surface area contributed by atoms with Crippen LogP contribution in [0.2, 0.25) is 0 Å². The minimum absolute atomic E-state index is 0.106. The number of carbonyl (C=O) groups is 2. The first kappa shape index (κ1) is 19.3. The summed E-state index contributed by atoms with van der Waals surface area (Å²) in [4.78, 5) is 23.0. The van der Waals surface area contributed by atoms with Crippen LogP contribution in [0, 0.1) is 19.7 Å². The fourth-order valence-corrected chi connectivity index (χ4v) is 2.88. The van der Waals surface area contributed by atoms with Crippen LogP contribution in [-0.4, -0.2) is 27.2 Å². The molecule has 1 amide bonds. The van der Waals surface area contributed by atoms with Gasteiger partial charge in [-0.1, -0.05) is 12.1 Å². The molecule has 0 aliphatic carbocycles. The van der Waals surface area contributed by atoms with Crippen molar-refractivity contribution in [2.45, 2.75) is 26.7 Å². The zero-order valence-corrected chi connectivity index (χ0v) is 15.5. The molecule has 0 spiro atoms. The highest BCUT2D eigenvalue weighted by molar-refractivity contribution is 6.02. The van der Waals surface area contributed by atoms with Gasteiger partial charge >= 0.3 is 5.97 Å². The van der Waals surface area contributed by atoms with Crippen molar-refractivity contribution >= 4 is 34.5 Å². The van der Waals surface area contributed by atoms with Gasteiger partial charge in [0.1, 0.15) is 5.82 Å². The second kappa shape index (κ2) is 8.04. The van der Waals surface area contributed by atoms with Crippen LogP contribution in [0.25, 0.3) is 17.0 Å². The average Bonchev–Trinajstić information content (AvgIpc) is 3.02. The predicted octanol–water partition coefficient (Wildman–Crippen LogP) is 3.99. The van der Waals surface area contributed by atoms with Crippen molar-refractivity contribution in [1.82, 2.24) is 10.2 Å². The number of aryl methyl sites for hydroxylation is 2. The highest BCUT2D eigenvalue weighted by atomic mass is 19.1. The summed E-state index contributed by atoms with van der Waals surface area (Å²) in [6.07, 6.45) is 3.11. The third kappa shape index (κ3) is 4.43. The molecule has 0 fully saturated rings. The lowest BCUT2D eigenvalue weighted by molar-refractivity contribution is -0.137. The Morgan fingerprint density at radius 3 is 2.79 bits per heavy atom. The van der Waals surface area contributed by atoms with Crippen molar-refractivity contribution in [3.8, 4) is 0 Å². The van der Waals surface area contributed by atoms with Gasteiger partial charge in [0.05, 0.1) is 11.2 Å². The molecule has 0 radical (unpaired) electrons. The quantitative estimate of drug-likeness (QED) is 0.563. The van der Waals surface area contributed by atoms with E-state index in [1.54, 1.807) is 19.1 Å². The molecular weight excluding hydrogens is 361 g/mol. The monoisotopic (exact) mass is 381 g/mol. The number of hydrogen-bond acceptors (Lipinski definition) is 3. The molecule has 28 heavy (non-hydrogen) atoms. The summed E-state index contributed by atoms with van der Waals surface area (Å²) >= 11 is 0. The van der Waals surface area contributed by atoms with E-state index in [4.69, 9.17) is 5.11 Å².